The molecule has 6 fully saturated rings. The molecular formula is C93H92Cl3F3N20O13S3. The number of benzene rings is 4. The lowest BCUT2D eigenvalue weighted by atomic mass is 9.95. The van der Waals surface area contributed by atoms with Crippen LogP contribution in [0.5, 0.6) is 0 Å². The summed E-state index contributed by atoms with van der Waals surface area (Å²) >= 11 is 23.6. The number of aliphatic carboxylic acids is 1. The van der Waals surface area contributed by atoms with Crippen LogP contribution in [0.3, 0.4) is 0 Å². The number of carboxylic acids is 1. The van der Waals surface area contributed by atoms with E-state index in [4.69, 9.17) is 69.1 Å². The van der Waals surface area contributed by atoms with Crippen LogP contribution >= 0.6 is 68.8 Å². The molecule has 0 radical (unpaired) electrons. The van der Waals surface area contributed by atoms with Gasteiger partial charge < -0.3 is 59.6 Å². The SMILES string of the molecule is COC(=O)C1=C(CN2CCN3C(=O)N(c4ccc(CCC(=O)O)cn4)C[C@@H]3C2)NC(c2nccs2)=N[C@H]1c1ccc(F)cc1Cl.COC(=O)C1=C(CN2CCN3C(=O)N(c4cccc(CCC(C)=O)c4)C[C@@H]3C2)NC(c2nccs2)=N[C@H]1c1ccc(F)cc1Cl.COC(=O)C1=C(CN2CCN3C(=O)N(c4cncc(CCC(C)=O)c4)C[C@@H]3C2)NC(c2nccs2)=N[C@H]1c1ccc(F)cc1Cl. The average Bonchev–Trinajstić information content (AvgIpc) is 1.57. The molecule has 9 aromatic rings. The van der Waals surface area contributed by atoms with Crippen LogP contribution < -0.4 is 30.7 Å². The summed E-state index contributed by atoms with van der Waals surface area (Å²) in [5.41, 5.74) is 8.13. The van der Waals surface area contributed by atoms with Crippen LogP contribution in [0.2, 0.25) is 15.1 Å². The molecule has 0 aliphatic carbocycles. The van der Waals surface area contributed by atoms with Gasteiger partial charge in [0.2, 0.25) is 0 Å². The van der Waals surface area contributed by atoms with E-state index in [9.17, 15) is 56.3 Å². The molecule has 5 aromatic heterocycles. The summed E-state index contributed by atoms with van der Waals surface area (Å²) < 4.78 is 57.5. The number of amides is 6. The number of nitrogens with one attached hydrogen (secondary N) is 3. The summed E-state index contributed by atoms with van der Waals surface area (Å²) in [6, 6.07) is 22.2. The Balaban J connectivity index is 0.000000147. The topological polar surface area (TPSA) is 368 Å². The maximum Gasteiger partial charge on any atom is 0.338 e. The number of methoxy groups -OCH3 is 3. The summed E-state index contributed by atoms with van der Waals surface area (Å²) in [6.45, 7) is 10.4. The van der Waals surface area contributed by atoms with E-state index in [1.807, 2.05) is 61.2 Å². The van der Waals surface area contributed by atoms with E-state index >= 15 is 0 Å². The molecule has 0 unspecified atom stereocenters. The molecule has 135 heavy (non-hydrogen) atoms. The zero-order valence-corrected chi connectivity index (χ0v) is 78.4. The molecule has 42 heteroatoms. The third kappa shape index (κ3) is 21.8. The number of amidine groups is 3. The number of nitrogens with zero attached hydrogens (tertiary/aromatic N) is 17. The van der Waals surface area contributed by atoms with Gasteiger partial charge in [-0.3, -0.25) is 54.2 Å². The summed E-state index contributed by atoms with van der Waals surface area (Å²) in [5.74, 6) is -1.99. The molecule has 14 heterocycles. The number of carbonyl (C=O) groups excluding carboxylic acids is 8. The number of carboxylic acid groups (broad SMARTS) is 1. The number of aryl methyl sites for hydroxylation is 3. The number of esters is 3. The molecule has 9 aliphatic rings. The highest BCUT2D eigenvalue weighted by Crippen LogP contribution is 2.43. The van der Waals surface area contributed by atoms with Gasteiger partial charge in [-0.15, -0.1) is 34.0 Å². The van der Waals surface area contributed by atoms with E-state index in [1.165, 1.54) is 110 Å². The Morgan fingerprint density at radius 2 is 0.822 bits per heavy atom. The number of fused-ring (bicyclic) bond motifs is 3. The Kier molecular flexibility index (Phi) is 30.0. The van der Waals surface area contributed by atoms with Crippen molar-refractivity contribution in [2.45, 2.75) is 88.6 Å². The second-order valence-electron chi connectivity index (χ2n) is 33.1. The van der Waals surface area contributed by atoms with Crippen molar-refractivity contribution in [3.63, 3.8) is 0 Å². The molecule has 0 saturated carbocycles. The van der Waals surface area contributed by atoms with E-state index < -0.39 is 59.5 Å². The van der Waals surface area contributed by atoms with Crippen molar-refractivity contribution < 1.29 is 75.6 Å². The van der Waals surface area contributed by atoms with Crippen molar-refractivity contribution in [2.24, 2.45) is 15.0 Å². The Labute approximate surface area is 800 Å². The first-order valence-corrected chi connectivity index (χ1v) is 47.0. The number of aliphatic imine (C=N–C) groups is 3. The van der Waals surface area contributed by atoms with Crippen molar-refractivity contribution in [1.82, 2.24) is 70.3 Å². The molecule has 0 spiro atoms. The van der Waals surface area contributed by atoms with Crippen LogP contribution in [-0.2, 0) is 62.2 Å². The van der Waals surface area contributed by atoms with Crippen molar-refractivity contribution in [3.05, 3.63) is 265 Å². The highest BCUT2D eigenvalue weighted by molar-refractivity contribution is 7.12. The monoisotopic (exact) mass is 1950 g/mol. The van der Waals surface area contributed by atoms with Crippen molar-refractivity contribution in [1.29, 1.82) is 0 Å². The third-order valence-corrected chi connectivity index (χ3v) is 27.6. The number of anilines is 3. The molecule has 4 N–H and O–H groups in total. The number of halogens is 6. The van der Waals surface area contributed by atoms with Gasteiger partial charge in [0, 0.05) is 213 Å². The molecule has 9 aliphatic heterocycles. The van der Waals surface area contributed by atoms with Crippen LogP contribution in [0, 0.1) is 17.5 Å². The Hall–Kier alpha value is -12.7. The number of thiazole rings is 3. The second-order valence-corrected chi connectivity index (χ2v) is 37.1. The number of hydrogen-bond acceptors (Lipinski definition) is 29. The molecule has 6 saturated heterocycles. The fourth-order valence-electron chi connectivity index (χ4n) is 17.7. The van der Waals surface area contributed by atoms with E-state index in [0.717, 1.165) is 22.4 Å². The van der Waals surface area contributed by atoms with Gasteiger partial charge in [0.25, 0.3) is 0 Å². The van der Waals surface area contributed by atoms with Gasteiger partial charge in [-0.1, -0.05) is 71.2 Å². The summed E-state index contributed by atoms with van der Waals surface area (Å²) in [5, 5.41) is 26.7. The second kappa shape index (κ2) is 42.5. The molecule has 18 rings (SSSR count). The molecule has 702 valence electrons. The van der Waals surface area contributed by atoms with Crippen LogP contribution in [0.4, 0.5) is 44.7 Å². The van der Waals surface area contributed by atoms with Crippen molar-refractivity contribution in [3.8, 4) is 0 Å². The molecule has 0 bridgehead atoms. The number of urea groups is 3. The molecule has 4 aromatic carbocycles. The quantitative estimate of drug-likeness (QED) is 0.0274. The first kappa shape index (κ1) is 95.4. The lowest BCUT2D eigenvalue weighted by molar-refractivity contribution is -0.137. The number of ketones is 2. The molecule has 6 amide bonds. The number of Topliss-reactive ketones (excluding diaryl/α,β-unsaturated/α-hetero) is 2. The fourth-order valence-corrected chi connectivity index (χ4v) is 20.3. The number of carbonyl (C=O) groups is 9. The third-order valence-electron chi connectivity index (χ3n) is 24.3. The number of hydrogen-bond donors (Lipinski definition) is 4. The van der Waals surface area contributed by atoms with Gasteiger partial charge >= 0.3 is 42.0 Å². The van der Waals surface area contributed by atoms with Crippen molar-refractivity contribution >= 4 is 157 Å². The largest absolute Gasteiger partial charge is 0.481 e. The zero-order chi connectivity index (χ0) is 95.0. The molecule has 6 atom stereocenters. The number of piperazine rings is 3. The van der Waals surface area contributed by atoms with Crippen LogP contribution in [0.1, 0.15) is 99.6 Å². The van der Waals surface area contributed by atoms with Crippen LogP contribution in [-0.4, -0.2) is 268 Å². The predicted molar refractivity (Wildman–Crippen MR) is 503 cm³/mol. The van der Waals surface area contributed by atoms with Gasteiger partial charge in [0.15, 0.2) is 32.5 Å². The smallest absolute Gasteiger partial charge is 0.338 e. The Morgan fingerprint density at radius 3 is 1.19 bits per heavy atom. The first-order chi connectivity index (χ1) is 65.1. The summed E-state index contributed by atoms with van der Waals surface area (Å²) in [7, 11) is 3.90. The molecule has 33 nitrogen and oxygen atoms in total. The average molecular weight is 1960 g/mol. The van der Waals surface area contributed by atoms with Gasteiger partial charge in [-0.2, -0.15) is 0 Å². The van der Waals surface area contributed by atoms with E-state index in [0.29, 0.717) is 208 Å². The highest BCUT2D eigenvalue weighted by atomic mass is 35.5. The van der Waals surface area contributed by atoms with Crippen molar-refractivity contribution in [2.75, 3.05) is 134 Å². The van der Waals surface area contributed by atoms with Gasteiger partial charge in [0.05, 0.1) is 74.6 Å². The first-order valence-electron chi connectivity index (χ1n) is 43.3. The summed E-state index contributed by atoms with van der Waals surface area (Å²) in [6.07, 6.45) is 12.4. The van der Waals surface area contributed by atoms with Gasteiger partial charge in [-0.25, -0.2) is 61.9 Å². The number of rotatable bonds is 27. The standard InChI is InChI=1S/C32H32ClFN6O4S.C31H31ClFN7O4S.C30H29ClFN7O5S/c1-19(41)6-7-20-4-3-5-22(14-20)40-17-23-16-38(11-12-39(23)32(40)43)18-26-27(31(42)44-2)28(24-9-8-21(34)15-25(24)33)37-29(36-26)30-35-10-13-45-30;1-18(41)3-4-19-11-21(14-34-13-19)40-16-22-15-38(8-9-39(22)31(40)43)17-25-26(30(42)44-2)27(23-6-5-20(33)12-24(23)32)37-28(36-25)29-35-7-10-45-29;1-44-29(42)25-22(35-27(28-33-8-11-45-28)36-26(25)20-5-4-18(32)12-21(20)31)16-37-9-10-38-19(14-37)15-39(30(38)43)23-6-2-17(13-34-23)3-7-24(40)41/h3-5,8-10,13-15,23,28H,6-7,11-12,16-18H2,1-2H3,(H,36,37);5-7,10-14,22,27H,3-4,8-9,15-17H2,1-2H3,(H,36,37);2,4-6,8,11-13,19,26H,3,7,9-10,14-16H2,1H3,(H,35,36)(H,40,41)/t23-,28-;22-,27-;19-,26-/m000/s1. The Morgan fingerprint density at radius 1 is 0.437 bits per heavy atom. The van der Waals surface area contributed by atoms with E-state index in [1.54, 1.807) is 77.9 Å². The number of ether oxygens (including phenoxy) is 3. The number of aromatic nitrogens is 5. The maximum atomic E-state index is 14.0. The highest BCUT2D eigenvalue weighted by Gasteiger charge is 2.47. The Bertz CT molecular complexity index is 6010. The van der Waals surface area contributed by atoms with E-state index in [2.05, 4.69) is 55.6 Å². The predicted octanol–water partition coefficient (Wildman–Crippen LogP) is 12.1. The lowest BCUT2D eigenvalue weighted by Crippen LogP contribution is -2.53. The lowest BCUT2D eigenvalue weighted by Gasteiger charge is -2.38. The van der Waals surface area contributed by atoms with E-state index in [-0.39, 0.29) is 86.0 Å². The van der Waals surface area contributed by atoms with Crippen LogP contribution in [0.25, 0.3) is 0 Å². The zero-order valence-electron chi connectivity index (χ0n) is 73.7. The minimum atomic E-state index is -0.880. The van der Waals surface area contributed by atoms with Crippen LogP contribution in [0.15, 0.2) is 199 Å². The van der Waals surface area contributed by atoms with Gasteiger partial charge in [-0.05, 0) is 110 Å². The fraction of sp³-hybridized carbons (Fsp3) is 0.344. The normalized spacial score (nSPS) is 20.2. The summed E-state index contributed by atoms with van der Waals surface area (Å²) in [4.78, 5) is 168. The van der Waals surface area contributed by atoms with Gasteiger partial charge in [0.1, 0.15) is 53.0 Å². The minimum absolute atomic E-state index is 0.00716. The molecular weight excluding hydrogens is 1860 g/mol. The maximum absolute atomic E-state index is 14.0. The number of pyridine rings is 2. The minimum Gasteiger partial charge on any atom is -0.481 e.